The smallest absolute Gasteiger partial charge is 0.281 e. The number of pyridine rings is 1. The van der Waals surface area contributed by atoms with Crippen LogP contribution in [0.25, 0.3) is 0 Å². The van der Waals surface area contributed by atoms with Crippen molar-refractivity contribution in [3.05, 3.63) is 18.0 Å². The van der Waals surface area contributed by atoms with Crippen molar-refractivity contribution in [2.45, 2.75) is 11.3 Å². The number of rotatable bonds is 2. The number of nitrogens with zero attached hydrogens (tertiary/aromatic N) is 1. The van der Waals surface area contributed by atoms with Gasteiger partial charge in [-0.15, -0.1) is 0 Å². The predicted octanol–water partition coefficient (Wildman–Crippen LogP) is 1.53. The average Bonchev–Trinajstić information content (AvgIpc) is 2.01. The molecule has 0 unspecified atom stereocenters. The van der Waals surface area contributed by atoms with Gasteiger partial charge >= 0.3 is 0 Å². The maximum absolute atomic E-state index is 12.3. The maximum Gasteiger partial charge on any atom is 0.281 e. The molecule has 78 valence electrons. The first-order valence-electron chi connectivity index (χ1n) is 3.31. The van der Waals surface area contributed by atoms with Gasteiger partial charge in [-0.25, -0.2) is 17.2 Å². The van der Waals surface area contributed by atoms with Crippen molar-refractivity contribution in [2.24, 2.45) is 0 Å². The SMILES string of the molecule is Nc1ccnc(C(F)F)c1S(=O)(=O)Cl. The molecule has 1 aromatic heterocycles. The Bertz CT molecular complexity index is 449. The molecular weight excluding hydrogens is 238 g/mol. The highest BCUT2D eigenvalue weighted by Crippen LogP contribution is 2.30. The van der Waals surface area contributed by atoms with Crippen molar-refractivity contribution < 1.29 is 17.2 Å². The summed E-state index contributed by atoms with van der Waals surface area (Å²) in [7, 11) is 0.628. The third-order valence-electron chi connectivity index (χ3n) is 1.41. The van der Waals surface area contributed by atoms with Gasteiger partial charge in [0.25, 0.3) is 15.5 Å². The fourth-order valence-electron chi connectivity index (χ4n) is 0.901. The maximum atomic E-state index is 12.3. The van der Waals surface area contributed by atoms with Crippen LogP contribution in [-0.2, 0) is 9.05 Å². The molecule has 0 bridgehead atoms. The number of nitrogen functional groups attached to an aromatic ring is 1. The van der Waals surface area contributed by atoms with Crippen LogP contribution in [0.3, 0.4) is 0 Å². The van der Waals surface area contributed by atoms with Gasteiger partial charge < -0.3 is 5.73 Å². The third kappa shape index (κ3) is 2.10. The Balaban J connectivity index is 3.54. The van der Waals surface area contributed by atoms with E-state index in [0.29, 0.717) is 0 Å². The van der Waals surface area contributed by atoms with Gasteiger partial charge in [0, 0.05) is 16.9 Å². The number of halogens is 3. The second kappa shape index (κ2) is 3.66. The highest BCUT2D eigenvalue weighted by Gasteiger charge is 2.25. The molecule has 0 radical (unpaired) electrons. The summed E-state index contributed by atoms with van der Waals surface area (Å²) >= 11 is 0. The molecule has 0 amide bonds. The Kier molecular flexibility index (Phi) is 2.91. The van der Waals surface area contributed by atoms with Gasteiger partial charge in [-0.05, 0) is 6.07 Å². The van der Waals surface area contributed by atoms with Crippen molar-refractivity contribution >= 4 is 25.4 Å². The molecule has 8 heteroatoms. The number of nitrogens with two attached hydrogens (primary N) is 1. The van der Waals surface area contributed by atoms with Gasteiger partial charge in [0.2, 0.25) is 0 Å². The molecule has 0 aliphatic heterocycles. The fourth-order valence-corrected chi connectivity index (χ4v) is 2.15. The minimum atomic E-state index is -4.30. The molecule has 0 aromatic carbocycles. The van der Waals surface area contributed by atoms with E-state index in [-0.39, 0.29) is 5.69 Å². The highest BCUT2D eigenvalue weighted by molar-refractivity contribution is 8.13. The second-order valence-corrected chi connectivity index (χ2v) is 4.86. The molecule has 0 aliphatic rings. The van der Waals surface area contributed by atoms with E-state index in [9.17, 15) is 17.2 Å². The first-order valence-corrected chi connectivity index (χ1v) is 5.62. The topological polar surface area (TPSA) is 73.0 Å². The van der Waals surface area contributed by atoms with Crippen LogP contribution in [0.1, 0.15) is 12.1 Å². The van der Waals surface area contributed by atoms with Crippen molar-refractivity contribution in [3.8, 4) is 0 Å². The standard InChI is InChI=1S/C6H5ClF2N2O2S/c7-14(12,13)5-3(10)1-2-11-4(5)6(8)9/h1-2,6H,(H2,10,11). The van der Waals surface area contributed by atoms with Gasteiger partial charge in [0.1, 0.15) is 10.6 Å². The van der Waals surface area contributed by atoms with Crippen LogP contribution < -0.4 is 5.73 Å². The van der Waals surface area contributed by atoms with E-state index < -0.39 is 26.1 Å². The molecule has 2 N–H and O–H groups in total. The molecule has 4 nitrogen and oxygen atoms in total. The molecule has 0 spiro atoms. The summed E-state index contributed by atoms with van der Waals surface area (Å²) in [4.78, 5) is 2.39. The molecule has 0 saturated heterocycles. The molecule has 14 heavy (non-hydrogen) atoms. The van der Waals surface area contributed by atoms with Gasteiger partial charge in [0.05, 0.1) is 5.69 Å². The van der Waals surface area contributed by atoms with Gasteiger partial charge in [-0.2, -0.15) is 0 Å². The fraction of sp³-hybridized carbons (Fsp3) is 0.167. The third-order valence-corrected chi connectivity index (χ3v) is 2.81. The predicted molar refractivity (Wildman–Crippen MR) is 46.6 cm³/mol. The lowest BCUT2D eigenvalue weighted by atomic mass is 10.3. The first kappa shape index (κ1) is 11.1. The lowest BCUT2D eigenvalue weighted by Crippen LogP contribution is -2.05. The molecule has 1 rings (SSSR count). The number of alkyl halides is 2. The first-order chi connectivity index (χ1) is 6.34. The summed E-state index contributed by atoms with van der Waals surface area (Å²) in [5, 5.41) is 0. The Hall–Kier alpha value is -0.950. The van der Waals surface area contributed by atoms with Gasteiger partial charge in [-0.3, -0.25) is 4.98 Å². The van der Waals surface area contributed by atoms with E-state index in [1.807, 2.05) is 0 Å². The number of hydrogen-bond donors (Lipinski definition) is 1. The summed E-state index contributed by atoms with van der Waals surface area (Å²) in [6.45, 7) is 0. The molecule has 0 aliphatic carbocycles. The Labute approximate surface area is 83.1 Å². The van der Waals surface area contributed by atoms with E-state index in [1.54, 1.807) is 0 Å². The summed E-state index contributed by atoms with van der Waals surface area (Å²) < 4.78 is 46.4. The van der Waals surface area contributed by atoms with Crippen LogP contribution in [0.2, 0.25) is 0 Å². The zero-order valence-corrected chi connectivity index (χ0v) is 8.19. The minimum Gasteiger partial charge on any atom is -0.398 e. The monoisotopic (exact) mass is 242 g/mol. The minimum absolute atomic E-state index is 0.342. The molecule has 0 fully saturated rings. The van der Waals surface area contributed by atoms with Crippen LogP contribution >= 0.6 is 10.7 Å². The van der Waals surface area contributed by atoms with Crippen molar-refractivity contribution in [3.63, 3.8) is 0 Å². The summed E-state index contributed by atoms with van der Waals surface area (Å²) in [5.74, 6) is 0. The number of anilines is 1. The van der Waals surface area contributed by atoms with E-state index in [4.69, 9.17) is 16.4 Å². The lowest BCUT2D eigenvalue weighted by molar-refractivity contribution is 0.142. The summed E-state index contributed by atoms with van der Waals surface area (Å²) in [5.41, 5.74) is 3.94. The molecule has 1 heterocycles. The Morgan fingerprint density at radius 3 is 2.43 bits per heavy atom. The van der Waals surface area contributed by atoms with Gasteiger partial charge in [-0.1, -0.05) is 0 Å². The molecule has 1 aromatic rings. The van der Waals surface area contributed by atoms with Gasteiger partial charge in [0.15, 0.2) is 0 Å². The average molecular weight is 243 g/mol. The summed E-state index contributed by atoms with van der Waals surface area (Å²) in [6.07, 6.45) is -2.05. The molecule has 0 saturated carbocycles. The van der Waals surface area contributed by atoms with Crippen LogP contribution in [0.15, 0.2) is 17.2 Å². The van der Waals surface area contributed by atoms with Crippen LogP contribution in [-0.4, -0.2) is 13.4 Å². The van der Waals surface area contributed by atoms with E-state index in [1.165, 1.54) is 0 Å². The second-order valence-electron chi connectivity index (χ2n) is 2.35. The summed E-state index contributed by atoms with van der Waals surface area (Å²) in [6, 6.07) is 1.08. The molecule has 0 atom stereocenters. The van der Waals surface area contributed by atoms with Crippen molar-refractivity contribution in [2.75, 3.05) is 5.73 Å². The Morgan fingerprint density at radius 2 is 2.07 bits per heavy atom. The van der Waals surface area contributed by atoms with Crippen molar-refractivity contribution in [1.82, 2.24) is 4.98 Å². The Morgan fingerprint density at radius 1 is 1.50 bits per heavy atom. The highest BCUT2D eigenvalue weighted by atomic mass is 35.7. The zero-order chi connectivity index (χ0) is 10.9. The van der Waals surface area contributed by atoms with E-state index in [0.717, 1.165) is 12.3 Å². The van der Waals surface area contributed by atoms with E-state index >= 15 is 0 Å². The van der Waals surface area contributed by atoms with Crippen LogP contribution in [0.5, 0.6) is 0 Å². The number of aromatic nitrogens is 1. The molecular formula is C6H5ClF2N2O2S. The zero-order valence-electron chi connectivity index (χ0n) is 6.62. The van der Waals surface area contributed by atoms with Crippen LogP contribution in [0.4, 0.5) is 14.5 Å². The number of hydrogen-bond acceptors (Lipinski definition) is 4. The lowest BCUT2D eigenvalue weighted by Gasteiger charge is -2.06. The largest absolute Gasteiger partial charge is 0.398 e. The normalized spacial score (nSPS) is 12.0. The quantitative estimate of drug-likeness (QED) is 0.798. The van der Waals surface area contributed by atoms with E-state index in [2.05, 4.69) is 4.98 Å². The van der Waals surface area contributed by atoms with Crippen molar-refractivity contribution in [1.29, 1.82) is 0 Å². The van der Waals surface area contributed by atoms with Crippen LogP contribution in [0, 0.1) is 0 Å².